The number of carbonyl (C=O) groups excluding carboxylic acids is 1. The van der Waals surface area contributed by atoms with Crippen molar-refractivity contribution in [3.63, 3.8) is 0 Å². The number of anilines is 1. The van der Waals surface area contributed by atoms with Gasteiger partial charge in [-0.15, -0.1) is 0 Å². The molecule has 100 valence electrons. The number of aryl methyl sites for hydroxylation is 1. The number of rotatable bonds is 4. The van der Waals surface area contributed by atoms with Crippen LogP contribution in [0.2, 0.25) is 0 Å². The van der Waals surface area contributed by atoms with E-state index in [9.17, 15) is 4.79 Å². The number of aromatic nitrogens is 3. The molecule has 0 aliphatic carbocycles. The van der Waals surface area contributed by atoms with E-state index in [2.05, 4.69) is 25.0 Å². The Hall–Kier alpha value is -2.44. The maximum Gasteiger partial charge on any atom is 0.273 e. The molecule has 0 aliphatic heterocycles. The molecule has 1 N–H and O–H groups in total. The summed E-state index contributed by atoms with van der Waals surface area (Å²) in [6.45, 7) is 2.20. The maximum atomic E-state index is 11.7. The van der Waals surface area contributed by atoms with Crippen molar-refractivity contribution in [3.05, 3.63) is 35.5 Å². The summed E-state index contributed by atoms with van der Waals surface area (Å²) in [6.07, 6.45) is 1.36. The van der Waals surface area contributed by atoms with Crippen molar-refractivity contribution in [2.75, 3.05) is 19.0 Å². The SMILES string of the molecule is Cc1cc(CNC(=O)c2ccon2)nc(N(C)C)n1. The molecule has 2 aromatic heterocycles. The summed E-state index contributed by atoms with van der Waals surface area (Å²) < 4.78 is 4.61. The smallest absolute Gasteiger partial charge is 0.273 e. The maximum absolute atomic E-state index is 11.7. The molecule has 0 radical (unpaired) electrons. The lowest BCUT2D eigenvalue weighted by molar-refractivity contribution is 0.0941. The molecule has 0 atom stereocenters. The van der Waals surface area contributed by atoms with Crippen molar-refractivity contribution in [3.8, 4) is 0 Å². The number of amides is 1. The van der Waals surface area contributed by atoms with Gasteiger partial charge in [0.15, 0.2) is 5.69 Å². The van der Waals surface area contributed by atoms with E-state index in [0.717, 1.165) is 11.4 Å². The summed E-state index contributed by atoms with van der Waals surface area (Å²) in [7, 11) is 3.74. The van der Waals surface area contributed by atoms with E-state index in [1.54, 1.807) is 0 Å². The molecule has 7 nitrogen and oxygen atoms in total. The van der Waals surface area contributed by atoms with Gasteiger partial charge in [0.25, 0.3) is 5.91 Å². The molecule has 1 amide bonds. The van der Waals surface area contributed by atoms with E-state index in [4.69, 9.17) is 0 Å². The topological polar surface area (TPSA) is 84.2 Å². The van der Waals surface area contributed by atoms with Gasteiger partial charge in [-0.25, -0.2) is 9.97 Å². The fourth-order valence-electron chi connectivity index (χ4n) is 1.50. The number of nitrogens with zero attached hydrogens (tertiary/aromatic N) is 4. The highest BCUT2D eigenvalue weighted by atomic mass is 16.5. The molecule has 0 saturated carbocycles. The highest BCUT2D eigenvalue weighted by Crippen LogP contribution is 2.07. The van der Waals surface area contributed by atoms with E-state index >= 15 is 0 Å². The van der Waals surface area contributed by atoms with Crippen LogP contribution >= 0.6 is 0 Å². The molecule has 2 rings (SSSR count). The predicted molar refractivity (Wildman–Crippen MR) is 68.8 cm³/mol. The van der Waals surface area contributed by atoms with Crippen molar-refractivity contribution in [2.45, 2.75) is 13.5 Å². The fraction of sp³-hybridized carbons (Fsp3) is 0.333. The lowest BCUT2D eigenvalue weighted by Crippen LogP contribution is -2.24. The molecule has 2 aromatic rings. The van der Waals surface area contributed by atoms with Crippen molar-refractivity contribution >= 4 is 11.9 Å². The van der Waals surface area contributed by atoms with Crippen molar-refractivity contribution in [2.24, 2.45) is 0 Å². The quantitative estimate of drug-likeness (QED) is 0.875. The second-order valence-electron chi connectivity index (χ2n) is 4.26. The Morgan fingerprint density at radius 2 is 2.21 bits per heavy atom. The zero-order chi connectivity index (χ0) is 13.8. The Balaban J connectivity index is 2.05. The van der Waals surface area contributed by atoms with Gasteiger partial charge >= 0.3 is 0 Å². The average Bonchev–Trinajstić information content (AvgIpc) is 2.89. The van der Waals surface area contributed by atoms with Gasteiger partial charge in [-0.3, -0.25) is 4.79 Å². The Morgan fingerprint density at radius 1 is 1.42 bits per heavy atom. The molecule has 0 aliphatic rings. The molecule has 7 heteroatoms. The summed E-state index contributed by atoms with van der Waals surface area (Å²) in [5.41, 5.74) is 1.84. The first-order valence-electron chi connectivity index (χ1n) is 5.76. The van der Waals surface area contributed by atoms with E-state index in [1.165, 1.54) is 12.3 Å². The molecule has 2 heterocycles. The average molecular weight is 261 g/mol. The van der Waals surface area contributed by atoms with Crippen molar-refractivity contribution < 1.29 is 9.32 Å². The summed E-state index contributed by atoms with van der Waals surface area (Å²) in [5, 5.41) is 6.29. The number of nitrogens with one attached hydrogen (secondary N) is 1. The summed E-state index contributed by atoms with van der Waals surface area (Å²) in [4.78, 5) is 22.1. The highest BCUT2D eigenvalue weighted by Gasteiger charge is 2.10. The van der Waals surface area contributed by atoms with Crippen LogP contribution in [0.25, 0.3) is 0 Å². The van der Waals surface area contributed by atoms with Crippen LogP contribution in [0.3, 0.4) is 0 Å². The first-order valence-corrected chi connectivity index (χ1v) is 5.76. The van der Waals surface area contributed by atoms with Crippen LogP contribution in [0.1, 0.15) is 21.9 Å². The Bertz CT molecular complexity index is 566. The zero-order valence-electron chi connectivity index (χ0n) is 11.0. The molecular formula is C12H15N5O2. The Kier molecular flexibility index (Phi) is 3.74. The third-order valence-electron chi connectivity index (χ3n) is 2.40. The molecule has 0 aromatic carbocycles. The summed E-state index contributed by atoms with van der Waals surface area (Å²) in [6, 6.07) is 3.34. The van der Waals surface area contributed by atoms with Gasteiger partial charge in [0.2, 0.25) is 5.95 Å². The monoisotopic (exact) mass is 261 g/mol. The third-order valence-corrected chi connectivity index (χ3v) is 2.40. The van der Waals surface area contributed by atoms with E-state index in [1.807, 2.05) is 32.0 Å². The minimum absolute atomic E-state index is 0.249. The van der Waals surface area contributed by atoms with Crippen LogP contribution in [0.15, 0.2) is 22.9 Å². The highest BCUT2D eigenvalue weighted by molar-refractivity contribution is 5.91. The van der Waals surface area contributed by atoms with Gasteiger partial charge in [0.05, 0.1) is 12.2 Å². The van der Waals surface area contributed by atoms with Crippen LogP contribution in [0, 0.1) is 6.92 Å². The van der Waals surface area contributed by atoms with Crippen molar-refractivity contribution in [1.29, 1.82) is 0 Å². The lowest BCUT2D eigenvalue weighted by Gasteiger charge is -2.12. The number of hydrogen-bond acceptors (Lipinski definition) is 6. The molecular weight excluding hydrogens is 246 g/mol. The minimum atomic E-state index is -0.295. The molecule has 0 saturated heterocycles. The Labute approximate surface area is 110 Å². The van der Waals surface area contributed by atoms with Gasteiger partial charge in [0.1, 0.15) is 6.26 Å². The Morgan fingerprint density at radius 3 is 2.84 bits per heavy atom. The van der Waals surface area contributed by atoms with Crippen LogP contribution in [-0.2, 0) is 6.54 Å². The normalized spacial score (nSPS) is 10.3. The van der Waals surface area contributed by atoms with Gasteiger partial charge in [0, 0.05) is 25.9 Å². The minimum Gasteiger partial charge on any atom is -0.364 e. The largest absolute Gasteiger partial charge is 0.364 e. The first kappa shape index (κ1) is 13.0. The number of carbonyl (C=O) groups is 1. The molecule has 19 heavy (non-hydrogen) atoms. The summed E-state index contributed by atoms with van der Waals surface area (Å²) in [5.74, 6) is 0.321. The molecule has 0 unspecified atom stereocenters. The standard InChI is InChI=1S/C12H15N5O2/c1-8-6-9(15-12(14-8)17(2)3)7-13-11(18)10-4-5-19-16-10/h4-6H,7H2,1-3H3,(H,13,18). The third kappa shape index (κ3) is 3.27. The van der Waals surface area contributed by atoms with Crippen LogP contribution in [0.5, 0.6) is 0 Å². The molecule has 0 bridgehead atoms. The second-order valence-corrected chi connectivity index (χ2v) is 4.26. The van der Waals surface area contributed by atoms with Gasteiger partial charge < -0.3 is 14.7 Å². The van der Waals surface area contributed by atoms with E-state index in [-0.39, 0.29) is 11.6 Å². The van der Waals surface area contributed by atoms with Crippen LogP contribution < -0.4 is 10.2 Å². The second kappa shape index (κ2) is 5.47. The zero-order valence-corrected chi connectivity index (χ0v) is 11.0. The lowest BCUT2D eigenvalue weighted by atomic mass is 10.3. The van der Waals surface area contributed by atoms with Gasteiger partial charge in [-0.1, -0.05) is 5.16 Å². The van der Waals surface area contributed by atoms with Gasteiger partial charge in [-0.05, 0) is 13.0 Å². The van der Waals surface area contributed by atoms with E-state index in [0.29, 0.717) is 12.5 Å². The van der Waals surface area contributed by atoms with Crippen LogP contribution in [-0.4, -0.2) is 35.1 Å². The number of hydrogen-bond donors (Lipinski definition) is 1. The molecule has 0 spiro atoms. The van der Waals surface area contributed by atoms with Crippen molar-refractivity contribution in [1.82, 2.24) is 20.4 Å². The fourth-order valence-corrected chi connectivity index (χ4v) is 1.50. The summed E-state index contributed by atoms with van der Waals surface area (Å²) >= 11 is 0. The van der Waals surface area contributed by atoms with Gasteiger partial charge in [-0.2, -0.15) is 0 Å². The molecule has 0 fully saturated rings. The first-order chi connectivity index (χ1) is 9.06. The van der Waals surface area contributed by atoms with E-state index < -0.39 is 0 Å². The predicted octanol–water partition coefficient (Wildman–Crippen LogP) is 0.769. The van der Waals surface area contributed by atoms with Crippen LogP contribution in [0.4, 0.5) is 5.95 Å².